The van der Waals surface area contributed by atoms with E-state index in [1.165, 1.54) is 36.1 Å². The second-order valence-corrected chi connectivity index (χ2v) is 7.29. The summed E-state index contributed by atoms with van der Waals surface area (Å²) in [7, 11) is 0. The third-order valence-corrected chi connectivity index (χ3v) is 4.92. The molecule has 3 heteroatoms. The third-order valence-electron chi connectivity index (χ3n) is 4.03. The number of thioether (sulfide) groups is 1. The van der Waals surface area contributed by atoms with Gasteiger partial charge >= 0.3 is 0 Å². The molecule has 1 fully saturated rings. The quantitative estimate of drug-likeness (QED) is 0.848. The molecule has 1 aromatic carbocycles. The minimum absolute atomic E-state index is 0.205. The second-order valence-electron chi connectivity index (χ2n) is 6.21. The van der Waals surface area contributed by atoms with E-state index in [9.17, 15) is 0 Å². The first kappa shape index (κ1) is 13.0. The summed E-state index contributed by atoms with van der Waals surface area (Å²) >= 11 is 1.88. The highest BCUT2D eigenvalue weighted by molar-refractivity contribution is 8.13. The van der Waals surface area contributed by atoms with Crippen LogP contribution in [-0.4, -0.2) is 22.5 Å². The number of hydrogen-bond acceptors (Lipinski definition) is 2. The van der Waals surface area contributed by atoms with Crippen LogP contribution in [0.1, 0.15) is 37.8 Å². The Bertz CT molecular complexity index is 493. The van der Waals surface area contributed by atoms with Gasteiger partial charge in [0, 0.05) is 11.3 Å². The summed E-state index contributed by atoms with van der Waals surface area (Å²) < 4.78 is 0. The maximum atomic E-state index is 4.96. The number of aliphatic imine (C=N–C) groups is 1. The van der Waals surface area contributed by atoms with Gasteiger partial charge in [0.25, 0.3) is 0 Å². The van der Waals surface area contributed by atoms with Gasteiger partial charge in [-0.25, -0.2) is 0 Å². The first-order valence-electron chi connectivity index (χ1n) is 7.18. The summed E-state index contributed by atoms with van der Waals surface area (Å²) in [5.41, 5.74) is 3.21. The van der Waals surface area contributed by atoms with Crippen molar-refractivity contribution in [3.8, 4) is 0 Å². The van der Waals surface area contributed by atoms with Gasteiger partial charge in [-0.1, -0.05) is 36.0 Å². The lowest BCUT2D eigenvalue weighted by molar-refractivity contribution is 0.444. The normalized spacial score (nSPS) is 27.7. The van der Waals surface area contributed by atoms with Gasteiger partial charge in [-0.05, 0) is 50.7 Å². The predicted octanol–water partition coefficient (Wildman–Crippen LogP) is 3.41. The zero-order valence-corrected chi connectivity index (χ0v) is 12.6. The van der Waals surface area contributed by atoms with Crippen molar-refractivity contribution >= 4 is 16.9 Å². The summed E-state index contributed by atoms with van der Waals surface area (Å²) in [5, 5.41) is 4.73. The minimum atomic E-state index is 0.205. The van der Waals surface area contributed by atoms with Crippen LogP contribution >= 0.6 is 11.8 Å². The van der Waals surface area contributed by atoms with Gasteiger partial charge in [0.15, 0.2) is 5.17 Å². The molecule has 0 bridgehead atoms. The highest BCUT2D eigenvalue weighted by Crippen LogP contribution is 2.26. The average Bonchev–Trinajstić information content (AvgIpc) is 2.37. The molecule has 1 N–H and O–H groups in total. The van der Waals surface area contributed by atoms with E-state index in [1.54, 1.807) is 0 Å². The second kappa shape index (κ2) is 5.20. The van der Waals surface area contributed by atoms with Crippen LogP contribution in [-0.2, 0) is 12.8 Å². The third kappa shape index (κ3) is 3.14. The summed E-state index contributed by atoms with van der Waals surface area (Å²) in [4.78, 5) is 4.96. The van der Waals surface area contributed by atoms with E-state index in [-0.39, 0.29) is 5.54 Å². The highest BCUT2D eigenvalue weighted by atomic mass is 32.2. The molecule has 1 saturated heterocycles. The molecule has 2 aliphatic rings. The number of aryl methyl sites for hydroxylation is 1. The molecule has 0 saturated carbocycles. The van der Waals surface area contributed by atoms with Crippen molar-refractivity contribution in [3.05, 3.63) is 35.4 Å². The van der Waals surface area contributed by atoms with Gasteiger partial charge in [0.1, 0.15) is 0 Å². The van der Waals surface area contributed by atoms with Crippen molar-refractivity contribution in [2.45, 2.75) is 51.1 Å². The van der Waals surface area contributed by atoms with Crippen molar-refractivity contribution in [1.29, 1.82) is 0 Å². The zero-order chi connectivity index (χ0) is 13.3. The Hall–Kier alpha value is -0.960. The van der Waals surface area contributed by atoms with E-state index in [4.69, 9.17) is 4.99 Å². The zero-order valence-electron chi connectivity index (χ0n) is 11.8. The van der Waals surface area contributed by atoms with Crippen LogP contribution in [0.15, 0.2) is 29.3 Å². The standard InChI is InChI=1S/C16H22N2S/c1-16(2)9-10-19-15(18-16)17-14-8-7-12-5-3-4-6-13(12)11-14/h3-6,14H,7-11H2,1-2H3,(H,17,18). The van der Waals surface area contributed by atoms with Crippen LogP contribution in [0.2, 0.25) is 0 Å². The molecule has 0 spiro atoms. The Morgan fingerprint density at radius 3 is 2.84 bits per heavy atom. The van der Waals surface area contributed by atoms with Gasteiger partial charge in [-0.3, -0.25) is 4.99 Å². The number of hydrogen-bond donors (Lipinski definition) is 1. The van der Waals surface area contributed by atoms with Gasteiger partial charge in [0.05, 0.1) is 6.04 Å². The van der Waals surface area contributed by atoms with Crippen molar-refractivity contribution < 1.29 is 0 Å². The summed E-state index contributed by atoms with van der Waals surface area (Å²) in [6.07, 6.45) is 4.67. The van der Waals surface area contributed by atoms with Crippen LogP contribution in [0.3, 0.4) is 0 Å². The fraction of sp³-hybridized carbons (Fsp3) is 0.562. The topological polar surface area (TPSA) is 24.4 Å². The SMILES string of the molecule is CC1(C)CCSC(=NC2CCc3ccccc3C2)N1. The number of nitrogens with zero attached hydrogens (tertiary/aromatic N) is 1. The summed E-state index contributed by atoms with van der Waals surface area (Å²) in [6, 6.07) is 9.26. The van der Waals surface area contributed by atoms with Crippen molar-refractivity contribution in [2.24, 2.45) is 4.99 Å². The fourth-order valence-electron chi connectivity index (χ4n) is 2.82. The predicted molar refractivity (Wildman–Crippen MR) is 84.0 cm³/mol. The van der Waals surface area contributed by atoms with Crippen LogP contribution in [0.25, 0.3) is 0 Å². The Morgan fingerprint density at radius 1 is 1.26 bits per heavy atom. The number of nitrogens with one attached hydrogen (secondary N) is 1. The number of amidine groups is 1. The van der Waals surface area contributed by atoms with Gasteiger partial charge < -0.3 is 5.32 Å². The molecule has 1 unspecified atom stereocenters. The monoisotopic (exact) mass is 274 g/mol. The number of fused-ring (bicyclic) bond motifs is 1. The summed E-state index contributed by atoms with van der Waals surface area (Å²) in [6.45, 7) is 4.52. The molecule has 1 atom stereocenters. The minimum Gasteiger partial charge on any atom is -0.360 e. The molecule has 3 rings (SSSR count). The summed E-state index contributed by atoms with van der Waals surface area (Å²) in [5.74, 6) is 1.18. The molecule has 1 heterocycles. The van der Waals surface area contributed by atoms with Gasteiger partial charge in [-0.2, -0.15) is 0 Å². The van der Waals surface area contributed by atoms with E-state index < -0.39 is 0 Å². The van der Waals surface area contributed by atoms with Crippen molar-refractivity contribution in [1.82, 2.24) is 5.32 Å². The van der Waals surface area contributed by atoms with Crippen molar-refractivity contribution in [3.63, 3.8) is 0 Å². The molecule has 1 aromatic rings. The van der Waals surface area contributed by atoms with Crippen LogP contribution in [0.4, 0.5) is 0 Å². The molecule has 1 aliphatic carbocycles. The lowest BCUT2D eigenvalue weighted by Gasteiger charge is -2.33. The van der Waals surface area contributed by atoms with Crippen LogP contribution < -0.4 is 5.32 Å². The largest absolute Gasteiger partial charge is 0.360 e. The van der Waals surface area contributed by atoms with E-state index in [1.807, 2.05) is 11.8 Å². The molecule has 0 amide bonds. The highest BCUT2D eigenvalue weighted by Gasteiger charge is 2.25. The maximum Gasteiger partial charge on any atom is 0.157 e. The van der Waals surface area contributed by atoms with Gasteiger partial charge in [0.2, 0.25) is 0 Å². The molecule has 2 nitrogen and oxygen atoms in total. The Labute approximate surface area is 120 Å². The Balaban J connectivity index is 1.72. The number of benzene rings is 1. The molecular formula is C16H22N2S. The lowest BCUT2D eigenvalue weighted by Crippen LogP contribution is -2.46. The fourth-order valence-corrected chi connectivity index (χ4v) is 4.19. The first-order chi connectivity index (χ1) is 9.12. The van der Waals surface area contributed by atoms with E-state index >= 15 is 0 Å². The average molecular weight is 274 g/mol. The molecular weight excluding hydrogens is 252 g/mol. The van der Waals surface area contributed by atoms with Crippen molar-refractivity contribution in [2.75, 3.05) is 5.75 Å². The van der Waals surface area contributed by atoms with E-state index in [2.05, 4.69) is 43.4 Å². The Morgan fingerprint density at radius 2 is 2.05 bits per heavy atom. The Kier molecular flexibility index (Phi) is 3.57. The molecule has 19 heavy (non-hydrogen) atoms. The first-order valence-corrected chi connectivity index (χ1v) is 8.16. The lowest BCUT2D eigenvalue weighted by atomic mass is 9.89. The molecule has 0 radical (unpaired) electrons. The van der Waals surface area contributed by atoms with Crippen LogP contribution in [0, 0.1) is 0 Å². The molecule has 0 aromatic heterocycles. The number of rotatable bonds is 1. The van der Waals surface area contributed by atoms with E-state index in [0.717, 1.165) is 11.6 Å². The smallest absolute Gasteiger partial charge is 0.157 e. The van der Waals surface area contributed by atoms with E-state index in [0.29, 0.717) is 6.04 Å². The molecule has 1 aliphatic heterocycles. The molecule has 102 valence electrons. The van der Waals surface area contributed by atoms with Gasteiger partial charge in [-0.15, -0.1) is 0 Å². The maximum absolute atomic E-state index is 4.96. The van der Waals surface area contributed by atoms with Crippen LogP contribution in [0.5, 0.6) is 0 Å².